The van der Waals surface area contributed by atoms with Crippen LogP contribution in [-0.2, 0) is 6.54 Å². The molecule has 0 spiro atoms. The van der Waals surface area contributed by atoms with Gasteiger partial charge in [0.1, 0.15) is 11.6 Å². The molecule has 2 aromatic rings. The average molecular weight is 274 g/mol. The fourth-order valence-electron chi connectivity index (χ4n) is 2.64. The standard InChI is InChI=1S/C16H19FN2O/c17-13-3-5-14(6-4-13)18-15-7-9-19(10-8-15)12-16-2-1-11-20-16/h1-6,11,15,18H,7-10,12H2. The van der Waals surface area contributed by atoms with E-state index in [2.05, 4.69) is 10.2 Å². The van der Waals surface area contributed by atoms with Crippen LogP contribution in [0.4, 0.5) is 10.1 Å². The molecule has 106 valence electrons. The molecule has 0 saturated carbocycles. The summed E-state index contributed by atoms with van der Waals surface area (Å²) < 4.78 is 18.2. The third kappa shape index (κ3) is 3.39. The minimum Gasteiger partial charge on any atom is -0.468 e. The lowest BCUT2D eigenvalue weighted by molar-refractivity contribution is 0.197. The van der Waals surface area contributed by atoms with Gasteiger partial charge in [0.05, 0.1) is 12.8 Å². The van der Waals surface area contributed by atoms with Gasteiger partial charge in [-0.2, -0.15) is 0 Å². The average Bonchev–Trinajstić information content (AvgIpc) is 2.96. The summed E-state index contributed by atoms with van der Waals surface area (Å²) in [6, 6.07) is 11.0. The van der Waals surface area contributed by atoms with Crippen LogP contribution in [0.3, 0.4) is 0 Å². The van der Waals surface area contributed by atoms with Gasteiger partial charge in [-0.15, -0.1) is 0 Å². The van der Waals surface area contributed by atoms with E-state index in [0.717, 1.165) is 43.9 Å². The summed E-state index contributed by atoms with van der Waals surface area (Å²) in [5.41, 5.74) is 0.996. The monoisotopic (exact) mass is 274 g/mol. The summed E-state index contributed by atoms with van der Waals surface area (Å²) in [4.78, 5) is 2.40. The number of nitrogens with zero attached hydrogens (tertiary/aromatic N) is 1. The molecule has 1 N–H and O–H groups in total. The number of nitrogens with one attached hydrogen (secondary N) is 1. The maximum atomic E-state index is 12.9. The van der Waals surface area contributed by atoms with Gasteiger partial charge in [0.2, 0.25) is 0 Å². The van der Waals surface area contributed by atoms with E-state index in [4.69, 9.17) is 4.42 Å². The Morgan fingerprint density at radius 3 is 2.55 bits per heavy atom. The summed E-state index contributed by atoms with van der Waals surface area (Å²) in [5, 5.41) is 3.47. The van der Waals surface area contributed by atoms with Crippen molar-refractivity contribution < 1.29 is 8.81 Å². The van der Waals surface area contributed by atoms with E-state index in [1.165, 1.54) is 12.1 Å². The maximum Gasteiger partial charge on any atom is 0.123 e. The van der Waals surface area contributed by atoms with Crippen molar-refractivity contribution in [3.63, 3.8) is 0 Å². The highest BCUT2D eigenvalue weighted by atomic mass is 19.1. The second-order valence-corrected chi connectivity index (χ2v) is 5.28. The minimum atomic E-state index is -0.191. The number of furan rings is 1. The molecular formula is C16H19FN2O. The summed E-state index contributed by atoms with van der Waals surface area (Å²) in [5.74, 6) is 0.832. The molecular weight excluding hydrogens is 255 g/mol. The fourth-order valence-corrected chi connectivity index (χ4v) is 2.64. The molecule has 0 radical (unpaired) electrons. The Bertz CT molecular complexity index is 516. The maximum absolute atomic E-state index is 12.9. The molecule has 3 rings (SSSR count). The van der Waals surface area contributed by atoms with E-state index in [0.29, 0.717) is 6.04 Å². The van der Waals surface area contributed by atoms with Gasteiger partial charge < -0.3 is 9.73 Å². The Balaban J connectivity index is 1.47. The first kappa shape index (κ1) is 13.2. The van der Waals surface area contributed by atoms with Crippen LogP contribution in [0.1, 0.15) is 18.6 Å². The lowest BCUT2D eigenvalue weighted by Gasteiger charge is -2.32. The highest BCUT2D eigenvalue weighted by molar-refractivity contribution is 5.43. The van der Waals surface area contributed by atoms with Crippen LogP contribution in [-0.4, -0.2) is 24.0 Å². The Morgan fingerprint density at radius 2 is 1.90 bits per heavy atom. The molecule has 1 fully saturated rings. The molecule has 1 saturated heterocycles. The van der Waals surface area contributed by atoms with Gasteiger partial charge in [-0.25, -0.2) is 4.39 Å². The van der Waals surface area contributed by atoms with Crippen LogP contribution in [0.2, 0.25) is 0 Å². The molecule has 1 aromatic heterocycles. The van der Waals surface area contributed by atoms with Crippen LogP contribution < -0.4 is 5.32 Å². The summed E-state index contributed by atoms with van der Waals surface area (Å²) >= 11 is 0. The predicted octanol–water partition coefficient (Wildman–Crippen LogP) is 3.50. The molecule has 0 atom stereocenters. The molecule has 20 heavy (non-hydrogen) atoms. The largest absolute Gasteiger partial charge is 0.468 e. The summed E-state index contributed by atoms with van der Waals surface area (Å²) in [6.07, 6.45) is 3.91. The van der Waals surface area contributed by atoms with E-state index < -0.39 is 0 Å². The first-order valence-corrected chi connectivity index (χ1v) is 7.06. The van der Waals surface area contributed by atoms with Crippen molar-refractivity contribution in [1.82, 2.24) is 4.90 Å². The molecule has 3 nitrogen and oxygen atoms in total. The smallest absolute Gasteiger partial charge is 0.123 e. The number of halogens is 1. The van der Waals surface area contributed by atoms with Crippen LogP contribution >= 0.6 is 0 Å². The van der Waals surface area contributed by atoms with Gasteiger partial charge in [-0.1, -0.05) is 0 Å². The number of hydrogen-bond donors (Lipinski definition) is 1. The van der Waals surface area contributed by atoms with E-state index in [1.54, 1.807) is 18.4 Å². The van der Waals surface area contributed by atoms with E-state index in [1.807, 2.05) is 12.1 Å². The van der Waals surface area contributed by atoms with Gasteiger partial charge in [0.25, 0.3) is 0 Å². The Labute approximate surface area is 118 Å². The van der Waals surface area contributed by atoms with Crippen molar-refractivity contribution in [3.8, 4) is 0 Å². The van der Waals surface area contributed by atoms with Crippen LogP contribution in [0.5, 0.6) is 0 Å². The lowest BCUT2D eigenvalue weighted by atomic mass is 10.0. The molecule has 0 bridgehead atoms. The molecule has 1 aliphatic heterocycles. The molecule has 0 amide bonds. The molecule has 2 heterocycles. The number of anilines is 1. The van der Waals surface area contributed by atoms with Gasteiger partial charge in [-0.3, -0.25) is 4.90 Å². The first-order valence-electron chi connectivity index (χ1n) is 7.06. The van der Waals surface area contributed by atoms with Crippen LogP contribution in [0.15, 0.2) is 47.1 Å². The van der Waals surface area contributed by atoms with E-state index >= 15 is 0 Å². The third-order valence-electron chi connectivity index (χ3n) is 3.76. The minimum absolute atomic E-state index is 0.191. The summed E-state index contributed by atoms with van der Waals surface area (Å²) in [7, 11) is 0. The first-order chi connectivity index (χ1) is 9.79. The van der Waals surface area contributed by atoms with Crippen molar-refractivity contribution in [2.45, 2.75) is 25.4 Å². The van der Waals surface area contributed by atoms with E-state index in [-0.39, 0.29) is 5.82 Å². The zero-order valence-electron chi connectivity index (χ0n) is 11.4. The topological polar surface area (TPSA) is 28.4 Å². The second kappa shape index (κ2) is 6.09. The van der Waals surface area contributed by atoms with Gasteiger partial charge >= 0.3 is 0 Å². The SMILES string of the molecule is Fc1ccc(NC2CCN(Cc3ccco3)CC2)cc1. The summed E-state index contributed by atoms with van der Waals surface area (Å²) in [6.45, 7) is 3.00. The number of piperidine rings is 1. The molecule has 4 heteroatoms. The van der Waals surface area contributed by atoms with Crippen molar-refractivity contribution in [2.75, 3.05) is 18.4 Å². The molecule has 0 aliphatic carbocycles. The van der Waals surface area contributed by atoms with Crippen molar-refractivity contribution >= 4 is 5.69 Å². The predicted molar refractivity (Wildman–Crippen MR) is 77.0 cm³/mol. The zero-order chi connectivity index (χ0) is 13.8. The van der Waals surface area contributed by atoms with Crippen molar-refractivity contribution in [2.24, 2.45) is 0 Å². The number of rotatable bonds is 4. The van der Waals surface area contributed by atoms with E-state index in [9.17, 15) is 4.39 Å². The Hall–Kier alpha value is -1.81. The zero-order valence-corrected chi connectivity index (χ0v) is 11.4. The molecule has 0 unspecified atom stereocenters. The van der Waals surface area contributed by atoms with Gasteiger partial charge in [0, 0.05) is 24.8 Å². The quantitative estimate of drug-likeness (QED) is 0.925. The van der Waals surface area contributed by atoms with Crippen LogP contribution in [0.25, 0.3) is 0 Å². The lowest BCUT2D eigenvalue weighted by Crippen LogP contribution is -2.38. The number of benzene rings is 1. The normalized spacial score (nSPS) is 17.2. The molecule has 1 aromatic carbocycles. The van der Waals surface area contributed by atoms with Crippen molar-refractivity contribution in [3.05, 3.63) is 54.2 Å². The fraction of sp³-hybridized carbons (Fsp3) is 0.375. The van der Waals surface area contributed by atoms with Crippen molar-refractivity contribution in [1.29, 1.82) is 0 Å². The highest BCUT2D eigenvalue weighted by Gasteiger charge is 2.19. The number of likely N-dealkylation sites (tertiary alicyclic amines) is 1. The molecule has 1 aliphatic rings. The van der Waals surface area contributed by atoms with Gasteiger partial charge in [0.15, 0.2) is 0 Å². The van der Waals surface area contributed by atoms with Crippen LogP contribution in [0, 0.1) is 5.82 Å². The Kier molecular flexibility index (Phi) is 4.02. The highest BCUT2D eigenvalue weighted by Crippen LogP contribution is 2.18. The third-order valence-corrected chi connectivity index (χ3v) is 3.76. The second-order valence-electron chi connectivity index (χ2n) is 5.28. The Morgan fingerprint density at radius 1 is 1.15 bits per heavy atom. The van der Waals surface area contributed by atoms with Gasteiger partial charge in [-0.05, 0) is 49.2 Å². The number of hydrogen-bond acceptors (Lipinski definition) is 3.